The van der Waals surface area contributed by atoms with E-state index in [9.17, 15) is 4.79 Å². The highest BCUT2D eigenvalue weighted by Crippen LogP contribution is 2.21. The van der Waals surface area contributed by atoms with Crippen molar-refractivity contribution in [1.29, 1.82) is 0 Å². The Kier molecular flexibility index (Phi) is 3.33. The number of carbonyl (C=O) groups is 1. The van der Waals surface area contributed by atoms with E-state index in [1.807, 2.05) is 25.1 Å². The summed E-state index contributed by atoms with van der Waals surface area (Å²) in [6.45, 7) is 3.75. The second-order valence-electron chi connectivity index (χ2n) is 3.86. The zero-order chi connectivity index (χ0) is 12.4. The minimum Gasteiger partial charge on any atom is -0.469 e. The molecule has 0 aliphatic heterocycles. The Balaban J connectivity index is 2.21. The van der Waals surface area contributed by atoms with Gasteiger partial charge in [-0.05, 0) is 37.6 Å². The Bertz CT molecular complexity index is 560. The summed E-state index contributed by atoms with van der Waals surface area (Å²) >= 11 is 3.38. The predicted molar refractivity (Wildman–Crippen MR) is 70.3 cm³/mol. The molecule has 3 nitrogen and oxygen atoms in total. The first kappa shape index (κ1) is 11.9. The number of aryl methyl sites for hydroxylation is 2. The molecule has 1 aromatic carbocycles. The van der Waals surface area contributed by atoms with Gasteiger partial charge in [0.25, 0.3) is 5.91 Å². The summed E-state index contributed by atoms with van der Waals surface area (Å²) in [7, 11) is 0. The Morgan fingerprint density at radius 2 is 2.06 bits per heavy atom. The van der Waals surface area contributed by atoms with Gasteiger partial charge in [-0.25, -0.2) is 0 Å². The number of nitrogens with one attached hydrogen (secondary N) is 1. The van der Waals surface area contributed by atoms with Crippen LogP contribution in [0.25, 0.3) is 0 Å². The van der Waals surface area contributed by atoms with Gasteiger partial charge >= 0.3 is 0 Å². The molecule has 1 aromatic heterocycles. The van der Waals surface area contributed by atoms with E-state index in [1.54, 1.807) is 13.0 Å². The van der Waals surface area contributed by atoms with Crippen LogP contribution < -0.4 is 5.32 Å². The SMILES string of the molecule is Cc1cc(C(=O)Nc2cc(Br)ccc2C)co1. The maximum absolute atomic E-state index is 11.9. The van der Waals surface area contributed by atoms with Crippen LogP contribution in [0.2, 0.25) is 0 Å². The number of rotatable bonds is 2. The lowest BCUT2D eigenvalue weighted by atomic mass is 10.2. The molecule has 2 rings (SSSR count). The number of hydrogen-bond donors (Lipinski definition) is 1. The monoisotopic (exact) mass is 293 g/mol. The highest BCUT2D eigenvalue weighted by atomic mass is 79.9. The van der Waals surface area contributed by atoms with Crippen LogP contribution in [0.1, 0.15) is 21.7 Å². The third-order valence-corrected chi connectivity index (χ3v) is 2.93. The van der Waals surface area contributed by atoms with E-state index >= 15 is 0 Å². The minimum atomic E-state index is -0.164. The standard InChI is InChI=1S/C13H12BrNO2/c1-8-3-4-11(14)6-12(8)15-13(16)10-5-9(2)17-7-10/h3-7H,1-2H3,(H,15,16). The zero-order valence-electron chi connectivity index (χ0n) is 9.58. The van der Waals surface area contributed by atoms with Crippen molar-refractivity contribution in [3.8, 4) is 0 Å². The summed E-state index contributed by atoms with van der Waals surface area (Å²) in [6.07, 6.45) is 1.46. The van der Waals surface area contributed by atoms with Gasteiger partial charge in [-0.2, -0.15) is 0 Å². The molecule has 2 aromatic rings. The summed E-state index contributed by atoms with van der Waals surface area (Å²) < 4.78 is 6.04. The molecule has 0 spiro atoms. The average molecular weight is 294 g/mol. The molecule has 0 radical (unpaired) electrons. The average Bonchev–Trinajstić information content (AvgIpc) is 2.70. The van der Waals surface area contributed by atoms with E-state index in [1.165, 1.54) is 6.26 Å². The lowest BCUT2D eigenvalue weighted by Crippen LogP contribution is -2.11. The van der Waals surface area contributed by atoms with Crippen molar-refractivity contribution in [2.75, 3.05) is 5.32 Å². The molecule has 0 atom stereocenters. The van der Waals surface area contributed by atoms with Gasteiger partial charge in [0.1, 0.15) is 12.0 Å². The lowest BCUT2D eigenvalue weighted by molar-refractivity contribution is 0.102. The van der Waals surface area contributed by atoms with Gasteiger partial charge in [0.2, 0.25) is 0 Å². The fourth-order valence-corrected chi connectivity index (χ4v) is 1.85. The second-order valence-corrected chi connectivity index (χ2v) is 4.78. The summed E-state index contributed by atoms with van der Waals surface area (Å²) in [5.41, 5.74) is 2.34. The van der Waals surface area contributed by atoms with Gasteiger partial charge in [-0.3, -0.25) is 4.79 Å². The molecule has 1 N–H and O–H groups in total. The van der Waals surface area contributed by atoms with Crippen LogP contribution in [0.4, 0.5) is 5.69 Å². The minimum absolute atomic E-state index is 0.164. The quantitative estimate of drug-likeness (QED) is 0.912. The first-order chi connectivity index (χ1) is 8.06. The largest absolute Gasteiger partial charge is 0.469 e. The molecule has 1 heterocycles. The number of furan rings is 1. The van der Waals surface area contributed by atoms with Crippen molar-refractivity contribution < 1.29 is 9.21 Å². The predicted octanol–water partition coefficient (Wildman–Crippen LogP) is 3.91. The molecule has 4 heteroatoms. The molecular formula is C13H12BrNO2. The number of carbonyl (C=O) groups excluding carboxylic acids is 1. The molecule has 0 bridgehead atoms. The molecule has 1 amide bonds. The van der Waals surface area contributed by atoms with Crippen LogP contribution in [0.5, 0.6) is 0 Å². The third-order valence-electron chi connectivity index (χ3n) is 2.44. The van der Waals surface area contributed by atoms with Crippen molar-refractivity contribution >= 4 is 27.5 Å². The smallest absolute Gasteiger partial charge is 0.258 e. The number of hydrogen-bond acceptors (Lipinski definition) is 2. The van der Waals surface area contributed by atoms with Crippen LogP contribution >= 0.6 is 15.9 Å². The molecule has 0 fully saturated rings. The van der Waals surface area contributed by atoms with Crippen molar-refractivity contribution in [3.63, 3.8) is 0 Å². The van der Waals surface area contributed by atoms with Crippen LogP contribution in [-0.4, -0.2) is 5.91 Å². The van der Waals surface area contributed by atoms with E-state index in [2.05, 4.69) is 21.2 Å². The van der Waals surface area contributed by atoms with Crippen molar-refractivity contribution in [3.05, 3.63) is 51.9 Å². The molecule has 17 heavy (non-hydrogen) atoms. The fraction of sp³-hybridized carbons (Fsp3) is 0.154. The van der Waals surface area contributed by atoms with Gasteiger partial charge in [0.15, 0.2) is 0 Å². The van der Waals surface area contributed by atoms with Crippen molar-refractivity contribution in [2.45, 2.75) is 13.8 Å². The van der Waals surface area contributed by atoms with E-state index in [0.29, 0.717) is 5.56 Å². The Morgan fingerprint density at radius 3 is 2.71 bits per heavy atom. The molecule has 0 unspecified atom stereocenters. The summed E-state index contributed by atoms with van der Waals surface area (Å²) in [6, 6.07) is 7.47. The van der Waals surface area contributed by atoms with E-state index in [4.69, 9.17) is 4.42 Å². The fourth-order valence-electron chi connectivity index (χ4n) is 1.49. The van der Waals surface area contributed by atoms with Crippen LogP contribution in [0, 0.1) is 13.8 Å². The van der Waals surface area contributed by atoms with Crippen molar-refractivity contribution in [1.82, 2.24) is 0 Å². The molecular weight excluding hydrogens is 282 g/mol. The van der Waals surface area contributed by atoms with Crippen LogP contribution in [0.3, 0.4) is 0 Å². The molecule has 0 aliphatic rings. The summed E-state index contributed by atoms with van der Waals surface area (Å²) in [5.74, 6) is 0.559. The van der Waals surface area contributed by atoms with E-state index < -0.39 is 0 Å². The van der Waals surface area contributed by atoms with Gasteiger partial charge in [0.05, 0.1) is 5.56 Å². The van der Waals surface area contributed by atoms with Crippen LogP contribution in [-0.2, 0) is 0 Å². The highest BCUT2D eigenvalue weighted by Gasteiger charge is 2.10. The zero-order valence-corrected chi connectivity index (χ0v) is 11.2. The normalized spacial score (nSPS) is 10.3. The number of benzene rings is 1. The Morgan fingerprint density at radius 1 is 1.29 bits per heavy atom. The van der Waals surface area contributed by atoms with Gasteiger partial charge in [-0.15, -0.1) is 0 Å². The van der Waals surface area contributed by atoms with Gasteiger partial charge < -0.3 is 9.73 Å². The summed E-state index contributed by atoms with van der Waals surface area (Å²) in [4.78, 5) is 11.9. The topological polar surface area (TPSA) is 42.2 Å². The number of halogens is 1. The Hall–Kier alpha value is -1.55. The first-order valence-corrected chi connectivity index (χ1v) is 5.98. The van der Waals surface area contributed by atoms with E-state index in [0.717, 1.165) is 21.5 Å². The Labute approximate surface area is 108 Å². The second kappa shape index (κ2) is 4.75. The lowest BCUT2D eigenvalue weighted by Gasteiger charge is -2.07. The maximum atomic E-state index is 11.9. The third kappa shape index (κ3) is 2.77. The highest BCUT2D eigenvalue weighted by molar-refractivity contribution is 9.10. The number of amides is 1. The molecule has 0 saturated carbocycles. The van der Waals surface area contributed by atoms with Gasteiger partial charge in [0, 0.05) is 10.2 Å². The molecule has 0 aliphatic carbocycles. The van der Waals surface area contributed by atoms with Gasteiger partial charge in [-0.1, -0.05) is 22.0 Å². The first-order valence-electron chi connectivity index (χ1n) is 5.19. The maximum Gasteiger partial charge on any atom is 0.258 e. The molecule has 0 saturated heterocycles. The number of anilines is 1. The van der Waals surface area contributed by atoms with E-state index in [-0.39, 0.29) is 5.91 Å². The molecule has 88 valence electrons. The summed E-state index contributed by atoms with van der Waals surface area (Å²) in [5, 5.41) is 2.85. The van der Waals surface area contributed by atoms with Crippen LogP contribution in [0.15, 0.2) is 39.4 Å². The van der Waals surface area contributed by atoms with Crippen molar-refractivity contribution in [2.24, 2.45) is 0 Å².